The molecule has 1 aliphatic heterocycles. The minimum absolute atomic E-state index is 0.581. The molecule has 6 heteroatoms. The van der Waals surface area contributed by atoms with Gasteiger partial charge in [0.1, 0.15) is 0 Å². The van der Waals surface area contributed by atoms with Crippen LogP contribution in [0.15, 0.2) is 30.5 Å². The van der Waals surface area contributed by atoms with Crippen molar-refractivity contribution >= 4 is 11.8 Å². The molecule has 0 saturated carbocycles. The average Bonchev–Trinajstić information content (AvgIpc) is 2.55. The topological polar surface area (TPSA) is 57.2 Å². The van der Waals surface area contributed by atoms with Crippen LogP contribution in [0.1, 0.15) is 11.1 Å². The highest BCUT2D eigenvalue weighted by atomic mass is 15.3. The molecule has 2 aromatic rings. The first-order chi connectivity index (χ1) is 10.7. The van der Waals surface area contributed by atoms with E-state index in [1.165, 1.54) is 11.1 Å². The first-order valence-electron chi connectivity index (χ1n) is 7.63. The highest BCUT2D eigenvalue weighted by Crippen LogP contribution is 2.13. The third-order valence-corrected chi connectivity index (χ3v) is 3.94. The summed E-state index contributed by atoms with van der Waals surface area (Å²) in [5, 5.41) is 11.4. The van der Waals surface area contributed by atoms with Gasteiger partial charge >= 0.3 is 0 Å². The van der Waals surface area contributed by atoms with Crippen molar-refractivity contribution in [3.05, 3.63) is 41.6 Å². The van der Waals surface area contributed by atoms with Gasteiger partial charge in [-0.05, 0) is 19.5 Å². The molecule has 1 saturated heterocycles. The van der Waals surface area contributed by atoms with E-state index in [4.69, 9.17) is 0 Å². The Balaban J connectivity index is 1.62. The van der Waals surface area contributed by atoms with E-state index >= 15 is 0 Å². The summed E-state index contributed by atoms with van der Waals surface area (Å²) in [6.07, 6.45) is 1.74. The number of aromatic nitrogens is 3. The van der Waals surface area contributed by atoms with Gasteiger partial charge in [-0.25, -0.2) is 0 Å². The maximum absolute atomic E-state index is 4.58. The third kappa shape index (κ3) is 3.71. The zero-order valence-corrected chi connectivity index (χ0v) is 13.2. The maximum Gasteiger partial charge on any atom is 0.244 e. The van der Waals surface area contributed by atoms with Crippen LogP contribution in [0.25, 0.3) is 0 Å². The summed E-state index contributed by atoms with van der Waals surface area (Å²) in [6, 6.07) is 8.44. The Morgan fingerprint density at radius 1 is 1.09 bits per heavy atom. The third-order valence-electron chi connectivity index (χ3n) is 3.94. The predicted octanol–water partition coefficient (Wildman–Crippen LogP) is 1.54. The van der Waals surface area contributed by atoms with Crippen LogP contribution in [0.5, 0.6) is 0 Å². The molecule has 116 valence electrons. The summed E-state index contributed by atoms with van der Waals surface area (Å²) in [6.45, 7) is 6.85. The zero-order valence-electron chi connectivity index (χ0n) is 13.2. The highest BCUT2D eigenvalue weighted by molar-refractivity contribution is 5.41. The molecule has 3 rings (SSSR count). The van der Waals surface area contributed by atoms with E-state index in [0.29, 0.717) is 12.5 Å². The van der Waals surface area contributed by atoms with E-state index in [9.17, 15) is 0 Å². The fraction of sp³-hybridized carbons (Fsp3) is 0.438. The summed E-state index contributed by atoms with van der Waals surface area (Å²) in [4.78, 5) is 9.15. The number of aryl methyl sites for hydroxylation is 1. The molecule has 0 amide bonds. The lowest BCUT2D eigenvalue weighted by Crippen LogP contribution is -2.44. The van der Waals surface area contributed by atoms with Crippen LogP contribution >= 0.6 is 0 Å². The Morgan fingerprint density at radius 3 is 2.55 bits per heavy atom. The van der Waals surface area contributed by atoms with Gasteiger partial charge in [0.25, 0.3) is 0 Å². The summed E-state index contributed by atoms with van der Waals surface area (Å²) in [5.74, 6) is 1.48. The van der Waals surface area contributed by atoms with Crippen molar-refractivity contribution in [2.75, 3.05) is 43.4 Å². The Hall–Kier alpha value is -2.21. The summed E-state index contributed by atoms with van der Waals surface area (Å²) < 4.78 is 0. The van der Waals surface area contributed by atoms with E-state index in [-0.39, 0.29) is 0 Å². The number of benzene rings is 1. The quantitative estimate of drug-likeness (QED) is 0.924. The van der Waals surface area contributed by atoms with Gasteiger partial charge in [-0.2, -0.15) is 10.1 Å². The van der Waals surface area contributed by atoms with Gasteiger partial charge in [0.15, 0.2) is 5.82 Å². The molecular formula is C16H22N6. The van der Waals surface area contributed by atoms with Crippen LogP contribution in [-0.4, -0.2) is 53.3 Å². The lowest BCUT2D eigenvalue weighted by atomic mass is 10.1. The number of nitrogens with zero attached hydrogens (tertiary/aromatic N) is 5. The van der Waals surface area contributed by atoms with Crippen LogP contribution in [0, 0.1) is 6.92 Å². The average molecular weight is 298 g/mol. The molecule has 6 nitrogen and oxygen atoms in total. The summed E-state index contributed by atoms with van der Waals surface area (Å²) in [5.41, 5.74) is 2.47. The normalized spacial score (nSPS) is 15.8. The van der Waals surface area contributed by atoms with Crippen molar-refractivity contribution in [1.29, 1.82) is 0 Å². The molecule has 0 atom stereocenters. The summed E-state index contributed by atoms with van der Waals surface area (Å²) >= 11 is 0. The number of rotatable bonds is 4. The number of anilines is 2. The first-order valence-corrected chi connectivity index (χ1v) is 7.63. The zero-order chi connectivity index (χ0) is 15.4. The van der Waals surface area contributed by atoms with Gasteiger partial charge in [0, 0.05) is 32.7 Å². The predicted molar refractivity (Wildman–Crippen MR) is 88.0 cm³/mol. The SMILES string of the molecule is Cc1ccc(CNc2nncc(N3CCN(C)CC3)n2)cc1. The van der Waals surface area contributed by atoms with E-state index in [1.54, 1.807) is 6.20 Å². The molecule has 1 aliphatic rings. The van der Waals surface area contributed by atoms with Gasteiger partial charge in [-0.3, -0.25) is 0 Å². The molecule has 1 aromatic carbocycles. The molecule has 0 spiro atoms. The Kier molecular flexibility index (Phi) is 4.48. The second-order valence-electron chi connectivity index (χ2n) is 5.77. The minimum Gasteiger partial charge on any atom is -0.353 e. The molecule has 0 bridgehead atoms. The van der Waals surface area contributed by atoms with Crippen molar-refractivity contribution in [1.82, 2.24) is 20.1 Å². The number of hydrogen-bond donors (Lipinski definition) is 1. The van der Waals surface area contributed by atoms with E-state index in [2.05, 4.69) is 68.5 Å². The van der Waals surface area contributed by atoms with Crippen LogP contribution in [0.3, 0.4) is 0 Å². The van der Waals surface area contributed by atoms with Gasteiger partial charge in [0.2, 0.25) is 5.95 Å². The van der Waals surface area contributed by atoms with Crippen LogP contribution in [-0.2, 0) is 6.54 Å². The van der Waals surface area contributed by atoms with Gasteiger partial charge in [-0.15, -0.1) is 5.10 Å². The van der Waals surface area contributed by atoms with Crippen molar-refractivity contribution in [2.24, 2.45) is 0 Å². The van der Waals surface area contributed by atoms with Crippen molar-refractivity contribution in [2.45, 2.75) is 13.5 Å². The summed E-state index contributed by atoms with van der Waals surface area (Å²) in [7, 11) is 2.14. The number of piperazine rings is 1. The van der Waals surface area contributed by atoms with E-state index in [0.717, 1.165) is 32.0 Å². The molecular weight excluding hydrogens is 276 g/mol. The van der Waals surface area contributed by atoms with Gasteiger partial charge in [0.05, 0.1) is 6.20 Å². The molecule has 1 N–H and O–H groups in total. The maximum atomic E-state index is 4.58. The molecule has 22 heavy (non-hydrogen) atoms. The van der Waals surface area contributed by atoms with Gasteiger partial charge < -0.3 is 15.1 Å². The number of nitrogens with one attached hydrogen (secondary N) is 1. The standard InChI is InChI=1S/C16H22N6/c1-13-3-5-14(6-4-13)11-17-16-19-15(12-18-20-16)22-9-7-21(2)8-10-22/h3-6,12H,7-11H2,1-2H3,(H,17,19,20). The Bertz CT molecular complexity index is 604. The van der Waals surface area contributed by atoms with Crippen molar-refractivity contribution < 1.29 is 0 Å². The van der Waals surface area contributed by atoms with Crippen LogP contribution in [0.2, 0.25) is 0 Å². The fourth-order valence-electron chi connectivity index (χ4n) is 2.44. The molecule has 0 unspecified atom stereocenters. The van der Waals surface area contributed by atoms with Crippen molar-refractivity contribution in [3.8, 4) is 0 Å². The molecule has 1 fully saturated rings. The molecule has 0 radical (unpaired) electrons. The minimum atomic E-state index is 0.581. The van der Waals surface area contributed by atoms with E-state index in [1.807, 2.05) is 0 Å². The second-order valence-corrected chi connectivity index (χ2v) is 5.77. The highest BCUT2D eigenvalue weighted by Gasteiger charge is 2.16. The number of hydrogen-bond acceptors (Lipinski definition) is 6. The lowest BCUT2D eigenvalue weighted by Gasteiger charge is -2.32. The molecule has 2 heterocycles. The number of likely N-dealkylation sites (N-methyl/N-ethyl adjacent to an activating group) is 1. The van der Waals surface area contributed by atoms with Crippen molar-refractivity contribution in [3.63, 3.8) is 0 Å². The monoisotopic (exact) mass is 298 g/mol. The van der Waals surface area contributed by atoms with Crippen LogP contribution in [0.4, 0.5) is 11.8 Å². The Labute approximate surface area is 131 Å². The smallest absolute Gasteiger partial charge is 0.244 e. The Morgan fingerprint density at radius 2 is 1.82 bits per heavy atom. The van der Waals surface area contributed by atoms with E-state index < -0.39 is 0 Å². The molecule has 1 aromatic heterocycles. The fourth-order valence-corrected chi connectivity index (χ4v) is 2.44. The van der Waals surface area contributed by atoms with Gasteiger partial charge in [-0.1, -0.05) is 29.8 Å². The molecule has 0 aliphatic carbocycles. The first kappa shape index (κ1) is 14.7. The largest absolute Gasteiger partial charge is 0.353 e. The lowest BCUT2D eigenvalue weighted by molar-refractivity contribution is 0.312. The van der Waals surface area contributed by atoms with Crippen LogP contribution < -0.4 is 10.2 Å². The second kappa shape index (κ2) is 6.70.